The number of ether oxygens (including phenoxy) is 3. The lowest BCUT2D eigenvalue weighted by Gasteiger charge is -2.26. The van der Waals surface area contributed by atoms with Crippen LogP contribution in [0.4, 0.5) is 5.69 Å². The standard InChI is InChI=1S/C30H28ClNO7/c1-16(2)39-30(36)19-10-7-11-20(13-19)32-26(18-9-6-8-17(3)12-18)25(28(34)29(32)35)27(33)21-14-24(38-5)22(31)15-23(21)37-4/h6-16,26,33H,1-5H3/b27-25+. The van der Waals surface area contributed by atoms with Crippen molar-refractivity contribution in [2.75, 3.05) is 19.1 Å². The van der Waals surface area contributed by atoms with Gasteiger partial charge >= 0.3 is 5.97 Å². The van der Waals surface area contributed by atoms with Gasteiger partial charge in [0.25, 0.3) is 11.7 Å². The number of carbonyl (C=O) groups is 3. The summed E-state index contributed by atoms with van der Waals surface area (Å²) in [6.07, 6.45) is -0.339. The molecule has 1 fully saturated rings. The van der Waals surface area contributed by atoms with Crippen LogP contribution in [0.3, 0.4) is 0 Å². The molecule has 0 spiro atoms. The molecule has 1 unspecified atom stereocenters. The maximum absolute atomic E-state index is 13.6. The molecule has 1 saturated heterocycles. The lowest BCUT2D eigenvalue weighted by Crippen LogP contribution is -2.29. The lowest BCUT2D eigenvalue weighted by atomic mass is 9.94. The van der Waals surface area contributed by atoms with Crippen molar-refractivity contribution in [1.82, 2.24) is 0 Å². The Morgan fingerprint density at radius 3 is 2.31 bits per heavy atom. The molecule has 8 nitrogen and oxygen atoms in total. The number of aryl methyl sites for hydroxylation is 1. The summed E-state index contributed by atoms with van der Waals surface area (Å²) < 4.78 is 16.0. The van der Waals surface area contributed by atoms with E-state index in [1.54, 1.807) is 44.2 Å². The molecule has 1 aliphatic heterocycles. The van der Waals surface area contributed by atoms with E-state index in [0.29, 0.717) is 11.3 Å². The van der Waals surface area contributed by atoms with Crippen molar-refractivity contribution in [3.05, 3.63) is 93.5 Å². The highest BCUT2D eigenvalue weighted by molar-refractivity contribution is 6.51. The molecule has 1 N–H and O–H groups in total. The van der Waals surface area contributed by atoms with Crippen LogP contribution in [0, 0.1) is 6.92 Å². The van der Waals surface area contributed by atoms with Gasteiger partial charge in [-0.05, 0) is 50.6 Å². The number of anilines is 1. The third-order valence-corrected chi connectivity index (χ3v) is 6.53. The molecule has 0 aromatic heterocycles. The Kier molecular flexibility index (Phi) is 7.97. The van der Waals surface area contributed by atoms with Gasteiger partial charge in [0, 0.05) is 11.8 Å². The predicted octanol–water partition coefficient (Wildman–Crippen LogP) is 5.86. The molecule has 1 heterocycles. The van der Waals surface area contributed by atoms with Gasteiger partial charge in [0.05, 0.1) is 48.1 Å². The van der Waals surface area contributed by atoms with Crippen molar-refractivity contribution in [3.63, 3.8) is 0 Å². The Hall–Kier alpha value is -4.30. The topological polar surface area (TPSA) is 102 Å². The van der Waals surface area contributed by atoms with Crippen LogP contribution in [0.25, 0.3) is 5.76 Å². The van der Waals surface area contributed by atoms with Crippen LogP contribution in [0.15, 0.2) is 66.2 Å². The number of rotatable bonds is 7. The first-order valence-electron chi connectivity index (χ1n) is 12.2. The third kappa shape index (κ3) is 5.33. The van der Waals surface area contributed by atoms with Gasteiger partial charge in [-0.25, -0.2) is 4.79 Å². The van der Waals surface area contributed by atoms with Gasteiger partial charge in [-0.2, -0.15) is 0 Å². The summed E-state index contributed by atoms with van der Waals surface area (Å²) in [5, 5.41) is 11.8. The Balaban J connectivity index is 1.96. The average molecular weight is 550 g/mol. The molecule has 4 rings (SSSR count). The fraction of sp³-hybridized carbons (Fsp3) is 0.233. The number of halogens is 1. The molecular weight excluding hydrogens is 522 g/mol. The van der Waals surface area contributed by atoms with E-state index in [0.717, 1.165) is 5.56 Å². The van der Waals surface area contributed by atoms with Crippen LogP contribution < -0.4 is 14.4 Å². The Morgan fingerprint density at radius 1 is 0.974 bits per heavy atom. The van der Waals surface area contributed by atoms with E-state index >= 15 is 0 Å². The van der Waals surface area contributed by atoms with Crippen molar-refractivity contribution >= 4 is 40.7 Å². The van der Waals surface area contributed by atoms with E-state index in [4.69, 9.17) is 25.8 Å². The summed E-state index contributed by atoms with van der Waals surface area (Å²) in [5.41, 5.74) is 1.97. The van der Waals surface area contributed by atoms with Crippen molar-refractivity contribution in [2.24, 2.45) is 0 Å². The zero-order chi connectivity index (χ0) is 28.4. The number of nitrogens with zero attached hydrogens (tertiary/aromatic N) is 1. The van der Waals surface area contributed by atoms with Gasteiger partial charge < -0.3 is 19.3 Å². The van der Waals surface area contributed by atoms with Crippen molar-refractivity contribution in [3.8, 4) is 11.5 Å². The fourth-order valence-corrected chi connectivity index (χ4v) is 4.74. The first-order valence-corrected chi connectivity index (χ1v) is 12.6. The van der Waals surface area contributed by atoms with Crippen molar-refractivity contribution in [2.45, 2.75) is 32.9 Å². The minimum atomic E-state index is -1.01. The molecule has 0 radical (unpaired) electrons. The number of ketones is 1. The fourth-order valence-electron chi connectivity index (χ4n) is 4.51. The largest absolute Gasteiger partial charge is 0.507 e. The lowest BCUT2D eigenvalue weighted by molar-refractivity contribution is -0.132. The molecule has 0 aliphatic carbocycles. The molecule has 3 aromatic rings. The SMILES string of the molecule is COc1cc(/C(O)=C2\C(=O)C(=O)N(c3cccc(C(=O)OC(C)C)c3)C2c2cccc(C)c2)c(OC)cc1Cl. The first kappa shape index (κ1) is 27.7. The quantitative estimate of drug-likeness (QED) is 0.170. The predicted molar refractivity (Wildman–Crippen MR) is 148 cm³/mol. The van der Waals surface area contributed by atoms with E-state index < -0.39 is 29.5 Å². The van der Waals surface area contributed by atoms with Gasteiger partial charge in [0.1, 0.15) is 17.3 Å². The molecule has 39 heavy (non-hydrogen) atoms. The summed E-state index contributed by atoms with van der Waals surface area (Å²) in [6, 6.07) is 15.4. The summed E-state index contributed by atoms with van der Waals surface area (Å²) in [6.45, 7) is 5.35. The number of methoxy groups -OCH3 is 2. The normalized spacial score (nSPS) is 16.5. The van der Waals surface area contributed by atoms with Crippen molar-refractivity contribution < 1.29 is 33.7 Å². The molecule has 0 saturated carbocycles. The number of benzene rings is 3. The molecule has 9 heteroatoms. The first-order chi connectivity index (χ1) is 18.6. The van der Waals surface area contributed by atoms with Crippen LogP contribution in [-0.4, -0.2) is 43.1 Å². The Morgan fingerprint density at radius 2 is 1.67 bits per heavy atom. The number of carbonyl (C=O) groups excluding carboxylic acids is 3. The number of esters is 1. The zero-order valence-electron chi connectivity index (χ0n) is 22.2. The van der Waals surface area contributed by atoms with Crippen LogP contribution in [0.5, 0.6) is 11.5 Å². The summed E-state index contributed by atoms with van der Waals surface area (Å²) >= 11 is 6.24. The number of Topliss-reactive ketones (excluding diaryl/α,β-unsaturated/α-hetero) is 1. The second-order valence-electron chi connectivity index (χ2n) is 9.27. The highest BCUT2D eigenvalue weighted by Gasteiger charge is 2.47. The summed E-state index contributed by atoms with van der Waals surface area (Å²) in [4.78, 5) is 41.0. The van der Waals surface area contributed by atoms with Crippen LogP contribution >= 0.6 is 11.6 Å². The van der Waals surface area contributed by atoms with Gasteiger partial charge in [0.2, 0.25) is 0 Å². The molecule has 1 amide bonds. The second kappa shape index (κ2) is 11.2. The zero-order valence-corrected chi connectivity index (χ0v) is 22.9. The third-order valence-electron chi connectivity index (χ3n) is 6.23. The Labute approximate surface area is 231 Å². The summed E-state index contributed by atoms with van der Waals surface area (Å²) in [5.74, 6) is -2.34. The highest BCUT2D eigenvalue weighted by Crippen LogP contribution is 2.45. The molecule has 202 valence electrons. The molecular formula is C30H28ClNO7. The van der Waals surface area contributed by atoms with Crippen LogP contribution in [0.1, 0.15) is 46.9 Å². The number of aliphatic hydroxyl groups excluding tert-OH is 1. The highest BCUT2D eigenvalue weighted by atomic mass is 35.5. The van der Waals surface area contributed by atoms with Gasteiger partial charge in [-0.1, -0.05) is 47.5 Å². The maximum Gasteiger partial charge on any atom is 0.338 e. The van der Waals surface area contributed by atoms with Crippen LogP contribution in [0.2, 0.25) is 5.02 Å². The van der Waals surface area contributed by atoms with Gasteiger partial charge in [-0.15, -0.1) is 0 Å². The van der Waals surface area contributed by atoms with E-state index in [1.165, 1.54) is 37.3 Å². The molecule has 1 aliphatic rings. The maximum atomic E-state index is 13.6. The van der Waals surface area contributed by atoms with Gasteiger partial charge in [0.15, 0.2) is 0 Å². The summed E-state index contributed by atoms with van der Waals surface area (Å²) in [7, 11) is 2.81. The van der Waals surface area contributed by atoms with E-state index in [9.17, 15) is 19.5 Å². The van der Waals surface area contributed by atoms with Crippen LogP contribution in [-0.2, 0) is 14.3 Å². The average Bonchev–Trinajstić information content (AvgIpc) is 3.17. The second-order valence-corrected chi connectivity index (χ2v) is 9.68. The van der Waals surface area contributed by atoms with E-state index in [2.05, 4.69) is 0 Å². The minimum absolute atomic E-state index is 0.128. The molecule has 0 bridgehead atoms. The van der Waals surface area contributed by atoms with E-state index in [-0.39, 0.29) is 39.3 Å². The monoisotopic (exact) mass is 549 g/mol. The number of hydrogen-bond acceptors (Lipinski definition) is 7. The molecule has 3 aromatic carbocycles. The van der Waals surface area contributed by atoms with Crippen molar-refractivity contribution in [1.29, 1.82) is 0 Å². The van der Waals surface area contributed by atoms with E-state index in [1.807, 2.05) is 19.1 Å². The minimum Gasteiger partial charge on any atom is -0.507 e. The number of amides is 1. The molecule has 1 atom stereocenters. The van der Waals surface area contributed by atoms with Gasteiger partial charge in [-0.3, -0.25) is 14.5 Å². The number of hydrogen-bond donors (Lipinski definition) is 1. The Bertz CT molecular complexity index is 1490. The smallest absolute Gasteiger partial charge is 0.338 e. The number of aliphatic hydroxyl groups is 1.